The summed E-state index contributed by atoms with van der Waals surface area (Å²) in [4.78, 5) is 43.9. The maximum absolute atomic E-state index is 11.8. The molecule has 3 heterocycles. The van der Waals surface area contributed by atoms with Crippen LogP contribution in [0, 0.1) is 12.3 Å². The number of carboxylic acids is 2. The van der Waals surface area contributed by atoms with Crippen molar-refractivity contribution in [3.63, 3.8) is 0 Å². The number of carbonyl (C=O) groups is 2. The summed E-state index contributed by atoms with van der Waals surface area (Å²) in [5.74, 6) is 0.767. The van der Waals surface area contributed by atoms with Crippen LogP contribution in [0.3, 0.4) is 0 Å². The second-order valence-corrected chi connectivity index (χ2v) is 12.0. The highest BCUT2D eigenvalue weighted by Gasteiger charge is 2.21. The predicted octanol–water partition coefficient (Wildman–Crippen LogP) is 2.66. The highest BCUT2D eigenvalue weighted by molar-refractivity contribution is 5.69. The van der Waals surface area contributed by atoms with Crippen molar-refractivity contribution in [3.8, 4) is 12.3 Å². The number of terminal acetylenes is 1. The number of hydrogen-bond acceptors (Lipinski definition) is 9. The van der Waals surface area contributed by atoms with Crippen molar-refractivity contribution in [1.29, 1.82) is 0 Å². The van der Waals surface area contributed by atoms with Crippen molar-refractivity contribution in [2.75, 3.05) is 65.4 Å². The highest BCUT2D eigenvalue weighted by Crippen LogP contribution is 2.24. The van der Waals surface area contributed by atoms with Crippen LogP contribution in [0.1, 0.15) is 49.1 Å². The minimum atomic E-state index is -0.895. The summed E-state index contributed by atoms with van der Waals surface area (Å²) in [5, 5.41) is 23.0. The number of rotatable bonds is 10. The summed E-state index contributed by atoms with van der Waals surface area (Å²) >= 11 is 0. The lowest BCUT2D eigenvalue weighted by atomic mass is 9.86. The van der Waals surface area contributed by atoms with Crippen molar-refractivity contribution in [2.24, 2.45) is 5.11 Å². The minimum absolute atomic E-state index is 0.0915. The van der Waals surface area contributed by atoms with Crippen molar-refractivity contribution in [1.82, 2.24) is 29.6 Å². The number of aromatic nitrogens is 2. The van der Waals surface area contributed by atoms with Crippen LogP contribution in [0.5, 0.6) is 0 Å². The Hall–Kier alpha value is -4.05. The van der Waals surface area contributed by atoms with Crippen molar-refractivity contribution in [3.05, 3.63) is 69.1 Å². The van der Waals surface area contributed by atoms with Crippen LogP contribution in [0.25, 0.3) is 10.4 Å². The summed E-state index contributed by atoms with van der Waals surface area (Å²) in [5.41, 5.74) is 12.6. The molecule has 44 heavy (non-hydrogen) atoms. The Morgan fingerprint density at radius 3 is 1.84 bits per heavy atom. The Labute approximate surface area is 259 Å². The van der Waals surface area contributed by atoms with Crippen LogP contribution >= 0.6 is 0 Å². The first-order chi connectivity index (χ1) is 20.9. The van der Waals surface area contributed by atoms with Crippen molar-refractivity contribution < 1.29 is 19.8 Å². The molecule has 0 unspecified atom stereocenters. The molecule has 3 rings (SSSR count). The first-order valence-corrected chi connectivity index (χ1v) is 14.7. The molecule has 236 valence electrons. The van der Waals surface area contributed by atoms with Gasteiger partial charge in [0.2, 0.25) is 0 Å². The lowest BCUT2D eigenvalue weighted by Gasteiger charge is -2.33. The van der Waals surface area contributed by atoms with Crippen LogP contribution in [0.2, 0.25) is 0 Å². The zero-order chi connectivity index (χ0) is 32.1. The Bertz CT molecular complexity index is 1330. The second kappa shape index (κ2) is 16.7. The number of aliphatic carboxylic acids is 2. The molecule has 1 saturated heterocycles. The molecular weight excluding hydrogens is 562 g/mol. The van der Waals surface area contributed by atoms with Gasteiger partial charge in [0.05, 0.1) is 31.0 Å². The molecule has 2 aromatic heterocycles. The third-order valence-corrected chi connectivity index (χ3v) is 7.47. The van der Waals surface area contributed by atoms with E-state index in [0.29, 0.717) is 76.8 Å². The van der Waals surface area contributed by atoms with E-state index in [4.69, 9.17) is 16.9 Å². The topological polar surface area (TPSA) is 162 Å². The van der Waals surface area contributed by atoms with Crippen LogP contribution in [-0.4, -0.2) is 117 Å². The second-order valence-electron chi connectivity index (χ2n) is 12.0. The lowest BCUT2D eigenvalue weighted by Crippen LogP contribution is -2.47. The summed E-state index contributed by atoms with van der Waals surface area (Å²) in [6.07, 6.45) is 5.53. The van der Waals surface area contributed by atoms with Gasteiger partial charge in [-0.05, 0) is 40.8 Å². The number of pyridine rings is 2. The van der Waals surface area contributed by atoms with Crippen LogP contribution in [0.15, 0.2) is 35.4 Å². The molecule has 0 aliphatic carbocycles. The Balaban J connectivity index is 1.85. The number of hydrogen-bond donors (Lipinski definition) is 2. The molecule has 0 saturated carbocycles. The normalized spacial score (nSPS) is 16.7. The fourth-order valence-electron chi connectivity index (χ4n) is 5.05. The largest absolute Gasteiger partial charge is 0.480 e. The third-order valence-electron chi connectivity index (χ3n) is 7.47. The summed E-state index contributed by atoms with van der Waals surface area (Å²) in [7, 11) is 0. The molecule has 0 spiro atoms. The smallest absolute Gasteiger partial charge is 0.317 e. The van der Waals surface area contributed by atoms with Gasteiger partial charge in [-0.1, -0.05) is 37.9 Å². The van der Waals surface area contributed by atoms with E-state index in [0.717, 1.165) is 17.0 Å². The van der Waals surface area contributed by atoms with Gasteiger partial charge in [-0.3, -0.25) is 34.2 Å². The summed E-state index contributed by atoms with van der Waals surface area (Å²) < 4.78 is 0. The first kappa shape index (κ1) is 34.4. The Kier molecular flexibility index (Phi) is 13.1. The maximum atomic E-state index is 11.8. The third kappa shape index (κ3) is 11.9. The van der Waals surface area contributed by atoms with Gasteiger partial charge in [-0.2, -0.15) is 0 Å². The standard InChI is InChI=1S/C31H43N9O4/c1-5-25-7-6-8-26(34-25)20-37-9-13-39(22-29(41)42)15-11-38(12-16-40(14-10-37)23-30(43)44)21-28-18-24(31(2,3)4)17-27(35-28)19-33-36-32/h1,6-8,17-18H,9-16,19-23H2,2-4H3,(H,41,42)(H,43,44). The highest BCUT2D eigenvalue weighted by atomic mass is 16.4. The van der Waals surface area contributed by atoms with Gasteiger partial charge in [0.25, 0.3) is 0 Å². The molecule has 1 fully saturated rings. The fourth-order valence-corrected chi connectivity index (χ4v) is 5.05. The predicted molar refractivity (Wildman–Crippen MR) is 167 cm³/mol. The first-order valence-electron chi connectivity index (χ1n) is 14.7. The molecule has 13 heteroatoms. The molecule has 0 atom stereocenters. The monoisotopic (exact) mass is 605 g/mol. The van der Waals surface area contributed by atoms with Gasteiger partial charge in [0.15, 0.2) is 0 Å². The summed E-state index contributed by atoms with van der Waals surface area (Å²) in [6, 6.07) is 9.55. The molecule has 13 nitrogen and oxygen atoms in total. The lowest BCUT2D eigenvalue weighted by molar-refractivity contribution is -0.139. The molecule has 0 bridgehead atoms. The Morgan fingerprint density at radius 1 is 0.864 bits per heavy atom. The van der Waals surface area contributed by atoms with E-state index < -0.39 is 11.9 Å². The molecule has 2 N–H and O–H groups in total. The van der Waals surface area contributed by atoms with Gasteiger partial charge in [0, 0.05) is 76.1 Å². The zero-order valence-corrected chi connectivity index (χ0v) is 25.9. The van der Waals surface area contributed by atoms with Gasteiger partial charge < -0.3 is 10.2 Å². The van der Waals surface area contributed by atoms with Crippen LogP contribution in [0.4, 0.5) is 0 Å². The molecule has 0 amide bonds. The maximum Gasteiger partial charge on any atom is 0.317 e. The van der Waals surface area contributed by atoms with Gasteiger partial charge in [-0.15, -0.1) is 6.42 Å². The SMILES string of the molecule is C#Cc1cccc(CN2CCN(CC(=O)O)CCN(Cc3cc(C(C)(C)C)cc(CN=[N+]=[N-])n3)CCN(CC(=O)O)CC2)n1. The van der Waals surface area contributed by atoms with Crippen LogP contribution < -0.4 is 0 Å². The van der Waals surface area contributed by atoms with Crippen molar-refractivity contribution >= 4 is 11.9 Å². The van der Waals surface area contributed by atoms with E-state index in [9.17, 15) is 19.8 Å². The molecule has 2 aromatic rings. The average molecular weight is 606 g/mol. The summed E-state index contributed by atoms with van der Waals surface area (Å²) in [6.45, 7) is 11.6. The number of azide groups is 1. The van der Waals surface area contributed by atoms with E-state index in [1.54, 1.807) is 6.07 Å². The quantitative estimate of drug-likeness (QED) is 0.178. The average Bonchev–Trinajstić information content (AvgIpc) is 2.96. The van der Waals surface area contributed by atoms with E-state index >= 15 is 0 Å². The fraction of sp³-hybridized carbons (Fsp3) is 0.548. The minimum Gasteiger partial charge on any atom is -0.480 e. The van der Waals surface area contributed by atoms with Gasteiger partial charge >= 0.3 is 11.9 Å². The van der Waals surface area contributed by atoms with Gasteiger partial charge in [-0.25, -0.2) is 4.98 Å². The van der Waals surface area contributed by atoms with Gasteiger partial charge in [0.1, 0.15) is 5.69 Å². The van der Waals surface area contributed by atoms with E-state index in [1.165, 1.54) is 0 Å². The molecule has 0 radical (unpaired) electrons. The van der Waals surface area contributed by atoms with Crippen molar-refractivity contribution in [2.45, 2.75) is 45.8 Å². The molecule has 1 aliphatic heterocycles. The van der Waals surface area contributed by atoms with Crippen LogP contribution in [-0.2, 0) is 34.6 Å². The van der Waals surface area contributed by atoms with E-state index in [-0.39, 0.29) is 25.0 Å². The molecular formula is C31H43N9O4. The van der Waals surface area contributed by atoms with E-state index in [2.05, 4.69) is 57.6 Å². The zero-order valence-electron chi connectivity index (χ0n) is 25.9. The Morgan fingerprint density at radius 2 is 1.36 bits per heavy atom. The molecule has 1 aliphatic rings. The number of nitrogens with zero attached hydrogens (tertiary/aromatic N) is 9. The number of carboxylic acid groups (broad SMARTS) is 2. The van der Waals surface area contributed by atoms with E-state index in [1.807, 2.05) is 28.0 Å². The molecule has 0 aromatic carbocycles.